The molecule has 5 rings (SSSR count). The maximum absolute atomic E-state index is 11.3. The number of fused-ring (bicyclic) bond motifs is 1. The van der Waals surface area contributed by atoms with Crippen molar-refractivity contribution >= 4 is 5.52 Å². The van der Waals surface area contributed by atoms with Gasteiger partial charge in [-0.05, 0) is 85.6 Å². The Kier molecular flexibility index (Phi) is 4.16. The molecule has 0 unspecified atom stereocenters. The highest BCUT2D eigenvalue weighted by Gasteiger charge is 2.34. The van der Waals surface area contributed by atoms with Gasteiger partial charge in [0.25, 0.3) is 0 Å². The van der Waals surface area contributed by atoms with Gasteiger partial charge in [0.1, 0.15) is 5.75 Å². The molecule has 0 bridgehead atoms. The average Bonchev–Trinajstić information content (AvgIpc) is 3.44. The van der Waals surface area contributed by atoms with Crippen molar-refractivity contribution in [3.05, 3.63) is 65.7 Å². The summed E-state index contributed by atoms with van der Waals surface area (Å²) in [4.78, 5) is 4.30. The van der Waals surface area contributed by atoms with Crippen LogP contribution in [0.2, 0.25) is 0 Å². The number of phenolic OH excluding ortho intramolecular Hbond substituents is 1. The smallest absolute Gasteiger partial charge is 0.115 e. The normalized spacial score (nSPS) is 24.2. The molecule has 0 saturated heterocycles. The summed E-state index contributed by atoms with van der Waals surface area (Å²) in [6.07, 6.45) is 9.98. The predicted molar refractivity (Wildman–Crippen MR) is 105 cm³/mol. The molecule has 2 aliphatic carbocycles. The van der Waals surface area contributed by atoms with E-state index in [2.05, 4.69) is 21.5 Å². The molecule has 0 aliphatic heterocycles. The summed E-state index contributed by atoms with van der Waals surface area (Å²) >= 11 is 0. The number of phenols is 1. The molecular formula is C23H26N2O2. The first-order valence-corrected chi connectivity index (χ1v) is 10.1. The zero-order valence-corrected chi connectivity index (χ0v) is 15.5. The summed E-state index contributed by atoms with van der Waals surface area (Å²) in [6.45, 7) is 0. The summed E-state index contributed by atoms with van der Waals surface area (Å²) < 4.78 is 2.10. The molecule has 1 aromatic carbocycles. The molecule has 0 amide bonds. The van der Waals surface area contributed by atoms with Crippen molar-refractivity contribution in [1.82, 2.24) is 9.38 Å². The summed E-state index contributed by atoms with van der Waals surface area (Å²) in [5.41, 5.74) is 4.75. The van der Waals surface area contributed by atoms with Crippen LogP contribution in [0.1, 0.15) is 73.3 Å². The third kappa shape index (κ3) is 3.12. The van der Waals surface area contributed by atoms with Crippen LogP contribution in [0.25, 0.3) is 5.52 Å². The van der Waals surface area contributed by atoms with Gasteiger partial charge in [0.2, 0.25) is 0 Å². The third-order valence-electron chi connectivity index (χ3n) is 6.54. The molecule has 4 nitrogen and oxygen atoms in total. The van der Waals surface area contributed by atoms with Crippen LogP contribution in [0, 0.1) is 5.92 Å². The fourth-order valence-corrected chi connectivity index (χ4v) is 4.82. The third-order valence-corrected chi connectivity index (χ3v) is 6.54. The molecule has 0 radical (unpaired) electrons. The van der Waals surface area contributed by atoms with E-state index in [9.17, 15) is 10.2 Å². The number of aliphatic hydroxyl groups is 1. The van der Waals surface area contributed by atoms with Crippen LogP contribution in [-0.4, -0.2) is 19.6 Å². The Hall–Kier alpha value is -2.33. The summed E-state index contributed by atoms with van der Waals surface area (Å²) in [7, 11) is 0. The van der Waals surface area contributed by atoms with Gasteiger partial charge in [-0.25, -0.2) is 4.98 Å². The van der Waals surface area contributed by atoms with Gasteiger partial charge in [0.05, 0.1) is 29.8 Å². The van der Waals surface area contributed by atoms with Crippen LogP contribution < -0.4 is 0 Å². The van der Waals surface area contributed by atoms with E-state index in [4.69, 9.17) is 0 Å². The molecule has 2 aromatic heterocycles. The zero-order chi connectivity index (χ0) is 18.4. The largest absolute Gasteiger partial charge is 0.508 e. The van der Waals surface area contributed by atoms with Gasteiger partial charge < -0.3 is 14.6 Å². The number of rotatable bonds is 4. The first-order chi connectivity index (χ1) is 13.2. The van der Waals surface area contributed by atoms with Gasteiger partial charge in [-0.3, -0.25) is 0 Å². The lowest BCUT2D eigenvalue weighted by Gasteiger charge is -2.33. The average molecular weight is 362 g/mol. The predicted octanol–water partition coefficient (Wildman–Crippen LogP) is 4.92. The van der Waals surface area contributed by atoms with Crippen LogP contribution >= 0.6 is 0 Å². The maximum atomic E-state index is 11.3. The molecule has 2 aliphatic rings. The molecule has 2 N–H and O–H groups in total. The van der Waals surface area contributed by atoms with Gasteiger partial charge in [-0.1, -0.05) is 18.2 Å². The van der Waals surface area contributed by atoms with Crippen molar-refractivity contribution in [3.63, 3.8) is 0 Å². The highest BCUT2D eigenvalue weighted by Crippen LogP contribution is 2.47. The maximum Gasteiger partial charge on any atom is 0.115 e. The standard InChI is InChI=1S/C23H26N2O2/c26-20-10-7-16(8-11-20)15-1-5-18(6-2-15)23(27)22-21(17-3-4-17)12-9-19-13-24-14-25(19)22/h7-15,17-18,23,26-27H,1-6H2/t15-,18-,23-/m0/s1. The number of pyridine rings is 1. The number of hydrogen-bond acceptors (Lipinski definition) is 3. The van der Waals surface area contributed by atoms with Gasteiger partial charge in [0.15, 0.2) is 0 Å². The van der Waals surface area contributed by atoms with E-state index in [1.165, 1.54) is 24.0 Å². The highest BCUT2D eigenvalue weighted by atomic mass is 16.3. The summed E-state index contributed by atoms with van der Waals surface area (Å²) in [6, 6.07) is 12.0. The fraction of sp³-hybridized carbons (Fsp3) is 0.435. The molecular weight excluding hydrogens is 336 g/mol. The van der Waals surface area contributed by atoms with E-state index < -0.39 is 6.10 Å². The van der Waals surface area contributed by atoms with E-state index in [0.29, 0.717) is 23.5 Å². The zero-order valence-electron chi connectivity index (χ0n) is 15.5. The SMILES string of the molecule is Oc1ccc([C@H]2CC[C@H]([C@H](O)c3c(C4CC4)ccc4cncn34)CC2)cc1. The first-order valence-electron chi connectivity index (χ1n) is 10.1. The lowest BCUT2D eigenvalue weighted by Crippen LogP contribution is -2.22. The van der Waals surface area contributed by atoms with E-state index >= 15 is 0 Å². The molecule has 27 heavy (non-hydrogen) atoms. The van der Waals surface area contributed by atoms with Crippen LogP contribution in [-0.2, 0) is 0 Å². The van der Waals surface area contributed by atoms with E-state index in [-0.39, 0.29) is 0 Å². The molecule has 3 aromatic rings. The fourth-order valence-electron chi connectivity index (χ4n) is 4.82. The number of aromatic hydroxyl groups is 1. The molecule has 1 atom stereocenters. The number of nitrogens with zero attached hydrogens (tertiary/aromatic N) is 2. The van der Waals surface area contributed by atoms with E-state index in [0.717, 1.165) is 36.9 Å². The van der Waals surface area contributed by atoms with Crippen molar-refractivity contribution in [1.29, 1.82) is 0 Å². The number of aliphatic hydroxyl groups excluding tert-OH is 1. The lowest BCUT2D eigenvalue weighted by molar-refractivity contribution is 0.0754. The van der Waals surface area contributed by atoms with Gasteiger partial charge in [0, 0.05) is 0 Å². The Balaban J connectivity index is 1.37. The second kappa shape index (κ2) is 6.68. The lowest BCUT2D eigenvalue weighted by atomic mass is 9.75. The minimum atomic E-state index is -0.431. The van der Waals surface area contributed by atoms with Gasteiger partial charge in [-0.15, -0.1) is 0 Å². The molecule has 0 spiro atoms. The molecule has 2 heterocycles. The molecule has 2 fully saturated rings. The van der Waals surface area contributed by atoms with Crippen LogP contribution in [0.4, 0.5) is 0 Å². The monoisotopic (exact) mass is 362 g/mol. The Morgan fingerprint density at radius 2 is 1.59 bits per heavy atom. The van der Waals surface area contributed by atoms with Crippen molar-refractivity contribution in [2.45, 2.75) is 56.5 Å². The van der Waals surface area contributed by atoms with E-state index in [1.807, 2.05) is 24.7 Å². The second-order valence-electron chi connectivity index (χ2n) is 8.28. The van der Waals surface area contributed by atoms with Crippen LogP contribution in [0.5, 0.6) is 5.75 Å². The number of imidazole rings is 1. The van der Waals surface area contributed by atoms with E-state index in [1.54, 1.807) is 12.1 Å². The van der Waals surface area contributed by atoms with Gasteiger partial charge in [-0.2, -0.15) is 0 Å². The molecule has 4 heteroatoms. The Labute approximate surface area is 159 Å². The topological polar surface area (TPSA) is 57.8 Å². The molecule has 140 valence electrons. The summed E-state index contributed by atoms with van der Waals surface area (Å²) in [5.74, 6) is 1.75. The summed E-state index contributed by atoms with van der Waals surface area (Å²) in [5, 5.41) is 20.8. The quantitative estimate of drug-likeness (QED) is 0.692. The highest BCUT2D eigenvalue weighted by molar-refractivity contribution is 5.50. The minimum absolute atomic E-state index is 0.295. The Morgan fingerprint density at radius 3 is 2.30 bits per heavy atom. The van der Waals surface area contributed by atoms with Crippen LogP contribution in [0.3, 0.4) is 0 Å². The minimum Gasteiger partial charge on any atom is -0.508 e. The molecule has 2 saturated carbocycles. The number of aromatic nitrogens is 2. The van der Waals surface area contributed by atoms with Crippen LogP contribution in [0.15, 0.2) is 48.9 Å². The second-order valence-corrected chi connectivity index (χ2v) is 8.28. The van der Waals surface area contributed by atoms with Crippen molar-refractivity contribution in [2.75, 3.05) is 0 Å². The first kappa shape index (κ1) is 16.8. The van der Waals surface area contributed by atoms with Crippen molar-refractivity contribution in [2.24, 2.45) is 5.92 Å². The number of hydrogen-bond donors (Lipinski definition) is 2. The Morgan fingerprint density at radius 1 is 0.889 bits per heavy atom. The number of benzene rings is 1. The Bertz CT molecular complexity index is 935. The van der Waals surface area contributed by atoms with Gasteiger partial charge >= 0.3 is 0 Å². The van der Waals surface area contributed by atoms with Crippen molar-refractivity contribution in [3.8, 4) is 5.75 Å². The van der Waals surface area contributed by atoms with Crippen molar-refractivity contribution < 1.29 is 10.2 Å².